The van der Waals surface area contributed by atoms with Gasteiger partial charge in [0.05, 0.1) is 6.20 Å². The predicted molar refractivity (Wildman–Crippen MR) is 43.5 cm³/mol. The summed E-state index contributed by atoms with van der Waals surface area (Å²) in [5, 5.41) is 8.60. The van der Waals surface area contributed by atoms with Gasteiger partial charge in [0.15, 0.2) is 5.75 Å². The highest BCUT2D eigenvalue weighted by Crippen LogP contribution is 2.19. The van der Waals surface area contributed by atoms with Crippen LogP contribution in [0.1, 0.15) is 16.3 Å². The number of ether oxygens (including phenoxy) is 1. The monoisotopic (exact) mass is 178 g/mol. The highest BCUT2D eigenvalue weighted by atomic mass is 16.5. The lowest BCUT2D eigenvalue weighted by molar-refractivity contribution is 0.0683. The zero-order valence-electron chi connectivity index (χ0n) is 6.60. The molecule has 0 aliphatic carbocycles. The third kappa shape index (κ3) is 1.35. The summed E-state index contributed by atoms with van der Waals surface area (Å²) in [5.41, 5.74) is 0.513. The molecule has 0 amide bonds. The number of carbonyl (C=O) groups is 1. The van der Waals surface area contributed by atoms with E-state index in [1.807, 2.05) is 0 Å². The number of carboxylic acids is 1. The van der Waals surface area contributed by atoms with Crippen molar-refractivity contribution >= 4 is 12.0 Å². The van der Waals surface area contributed by atoms with Crippen molar-refractivity contribution in [3.63, 3.8) is 0 Å². The molecule has 0 radical (unpaired) electrons. The van der Waals surface area contributed by atoms with Crippen molar-refractivity contribution in [1.82, 2.24) is 9.97 Å². The SMILES string of the molecule is O=C(O)c1ncc2c(n1)C=CCO2. The minimum atomic E-state index is -1.14. The van der Waals surface area contributed by atoms with E-state index in [9.17, 15) is 4.79 Å². The molecule has 66 valence electrons. The van der Waals surface area contributed by atoms with E-state index in [1.165, 1.54) is 6.20 Å². The van der Waals surface area contributed by atoms with Crippen LogP contribution < -0.4 is 4.74 Å². The van der Waals surface area contributed by atoms with Gasteiger partial charge in [-0.05, 0) is 12.2 Å². The highest BCUT2D eigenvalue weighted by molar-refractivity contribution is 5.83. The molecule has 2 heterocycles. The first-order valence-corrected chi connectivity index (χ1v) is 3.67. The van der Waals surface area contributed by atoms with Gasteiger partial charge < -0.3 is 9.84 Å². The Labute approximate surface area is 73.7 Å². The molecule has 1 aliphatic rings. The lowest BCUT2D eigenvalue weighted by Crippen LogP contribution is -2.09. The Hall–Kier alpha value is -1.91. The van der Waals surface area contributed by atoms with E-state index in [1.54, 1.807) is 12.2 Å². The molecular weight excluding hydrogens is 172 g/mol. The highest BCUT2D eigenvalue weighted by Gasteiger charge is 2.12. The van der Waals surface area contributed by atoms with Gasteiger partial charge in [0.2, 0.25) is 5.82 Å². The van der Waals surface area contributed by atoms with Crippen molar-refractivity contribution in [2.75, 3.05) is 6.61 Å². The van der Waals surface area contributed by atoms with Crippen LogP contribution in [-0.2, 0) is 0 Å². The molecule has 0 spiro atoms. The fourth-order valence-electron chi connectivity index (χ4n) is 1.02. The van der Waals surface area contributed by atoms with Crippen molar-refractivity contribution in [3.05, 3.63) is 23.8 Å². The van der Waals surface area contributed by atoms with E-state index in [0.717, 1.165) is 0 Å². The second-order valence-electron chi connectivity index (χ2n) is 2.46. The third-order valence-electron chi connectivity index (χ3n) is 1.58. The maximum absolute atomic E-state index is 10.5. The van der Waals surface area contributed by atoms with E-state index in [2.05, 4.69) is 9.97 Å². The number of aromatic carboxylic acids is 1. The lowest BCUT2D eigenvalue weighted by Gasteiger charge is -2.10. The van der Waals surface area contributed by atoms with Gasteiger partial charge in [-0.1, -0.05) is 0 Å². The van der Waals surface area contributed by atoms with Gasteiger partial charge in [-0.15, -0.1) is 0 Å². The van der Waals surface area contributed by atoms with Crippen LogP contribution in [0.3, 0.4) is 0 Å². The molecule has 1 aromatic heterocycles. The Morgan fingerprint density at radius 3 is 3.23 bits per heavy atom. The van der Waals surface area contributed by atoms with Crippen LogP contribution in [0.5, 0.6) is 5.75 Å². The largest absolute Gasteiger partial charge is 0.486 e. The first-order valence-electron chi connectivity index (χ1n) is 3.67. The number of fused-ring (bicyclic) bond motifs is 1. The average molecular weight is 178 g/mol. The average Bonchev–Trinajstić information content (AvgIpc) is 2.17. The van der Waals surface area contributed by atoms with Crippen molar-refractivity contribution in [1.29, 1.82) is 0 Å². The summed E-state index contributed by atoms with van der Waals surface area (Å²) >= 11 is 0. The molecule has 1 aliphatic heterocycles. The molecule has 1 N–H and O–H groups in total. The maximum Gasteiger partial charge on any atom is 0.373 e. The molecule has 0 unspecified atom stereocenters. The van der Waals surface area contributed by atoms with Crippen LogP contribution in [0.25, 0.3) is 6.08 Å². The zero-order chi connectivity index (χ0) is 9.26. The van der Waals surface area contributed by atoms with E-state index in [0.29, 0.717) is 18.1 Å². The molecule has 0 bridgehead atoms. The second-order valence-corrected chi connectivity index (χ2v) is 2.46. The van der Waals surface area contributed by atoms with Crippen LogP contribution in [0.4, 0.5) is 0 Å². The minimum absolute atomic E-state index is 0.214. The van der Waals surface area contributed by atoms with Crippen molar-refractivity contribution in [2.24, 2.45) is 0 Å². The van der Waals surface area contributed by atoms with Gasteiger partial charge >= 0.3 is 5.97 Å². The standard InChI is InChI=1S/C8H6N2O3/c11-8(12)7-9-4-6-5(10-7)2-1-3-13-6/h1-2,4H,3H2,(H,11,12). The van der Waals surface area contributed by atoms with Gasteiger partial charge in [0.25, 0.3) is 0 Å². The molecule has 5 heteroatoms. The Morgan fingerprint density at radius 1 is 1.62 bits per heavy atom. The summed E-state index contributed by atoms with van der Waals surface area (Å²) in [4.78, 5) is 17.9. The van der Waals surface area contributed by atoms with Gasteiger partial charge in [0.1, 0.15) is 12.3 Å². The molecule has 0 aromatic carbocycles. The number of nitrogens with zero attached hydrogens (tertiary/aromatic N) is 2. The fraction of sp³-hybridized carbons (Fsp3) is 0.125. The first-order chi connectivity index (χ1) is 6.27. The molecule has 0 saturated heterocycles. The number of hydrogen-bond acceptors (Lipinski definition) is 4. The summed E-state index contributed by atoms with van der Waals surface area (Å²) in [6.45, 7) is 0.475. The normalized spacial score (nSPS) is 13.2. The van der Waals surface area contributed by atoms with Gasteiger partial charge in [-0.25, -0.2) is 14.8 Å². The number of hydrogen-bond donors (Lipinski definition) is 1. The predicted octanol–water partition coefficient (Wildman–Crippen LogP) is 0.580. The summed E-state index contributed by atoms with van der Waals surface area (Å²) < 4.78 is 5.15. The molecular formula is C8H6N2O3. The first kappa shape index (κ1) is 7.72. The Kier molecular flexibility index (Phi) is 1.70. The van der Waals surface area contributed by atoms with E-state index in [4.69, 9.17) is 9.84 Å². The molecule has 2 rings (SSSR count). The lowest BCUT2D eigenvalue weighted by atomic mass is 10.3. The molecule has 0 fully saturated rings. The number of carboxylic acid groups (broad SMARTS) is 1. The zero-order valence-corrected chi connectivity index (χ0v) is 6.60. The summed E-state index contributed by atoms with van der Waals surface area (Å²) in [6.07, 6.45) is 4.85. The second kappa shape index (κ2) is 2.85. The molecule has 13 heavy (non-hydrogen) atoms. The van der Waals surface area contributed by atoms with E-state index in [-0.39, 0.29) is 5.82 Å². The fourth-order valence-corrected chi connectivity index (χ4v) is 1.02. The quantitative estimate of drug-likeness (QED) is 0.680. The van der Waals surface area contributed by atoms with Crippen molar-refractivity contribution < 1.29 is 14.6 Å². The van der Waals surface area contributed by atoms with Gasteiger partial charge in [-0.3, -0.25) is 0 Å². The Morgan fingerprint density at radius 2 is 2.46 bits per heavy atom. The van der Waals surface area contributed by atoms with E-state index < -0.39 is 5.97 Å². The Balaban J connectivity index is 2.48. The van der Waals surface area contributed by atoms with Crippen molar-refractivity contribution in [2.45, 2.75) is 0 Å². The number of aromatic nitrogens is 2. The summed E-state index contributed by atoms with van der Waals surface area (Å²) in [5.74, 6) is -0.830. The molecule has 0 saturated carbocycles. The molecule has 0 atom stereocenters. The third-order valence-corrected chi connectivity index (χ3v) is 1.58. The smallest absolute Gasteiger partial charge is 0.373 e. The molecule has 5 nitrogen and oxygen atoms in total. The van der Waals surface area contributed by atoms with Gasteiger partial charge in [-0.2, -0.15) is 0 Å². The maximum atomic E-state index is 10.5. The van der Waals surface area contributed by atoms with E-state index >= 15 is 0 Å². The molecule has 1 aromatic rings. The van der Waals surface area contributed by atoms with Crippen LogP contribution >= 0.6 is 0 Å². The van der Waals surface area contributed by atoms with Crippen LogP contribution in [0.2, 0.25) is 0 Å². The minimum Gasteiger partial charge on any atom is -0.486 e. The topological polar surface area (TPSA) is 72.3 Å². The van der Waals surface area contributed by atoms with Crippen molar-refractivity contribution in [3.8, 4) is 5.75 Å². The summed E-state index contributed by atoms with van der Waals surface area (Å²) in [7, 11) is 0. The van der Waals surface area contributed by atoms with Gasteiger partial charge in [0, 0.05) is 0 Å². The van der Waals surface area contributed by atoms with Crippen LogP contribution in [-0.4, -0.2) is 27.7 Å². The van der Waals surface area contributed by atoms with Crippen LogP contribution in [0.15, 0.2) is 12.3 Å². The number of rotatable bonds is 1. The summed E-state index contributed by atoms with van der Waals surface area (Å²) in [6, 6.07) is 0. The van der Waals surface area contributed by atoms with Crippen LogP contribution in [0, 0.1) is 0 Å². The Bertz CT molecular complexity index is 387.